The highest BCUT2D eigenvalue weighted by atomic mass is 16.5. The first kappa shape index (κ1) is 15.3. The average Bonchev–Trinajstić information content (AvgIpc) is 2.36. The molecular formula is C17H26O3. The largest absolute Gasteiger partial charge is 0.500 e. The third kappa shape index (κ3) is 2.83. The molecule has 0 N–H and O–H groups in total. The van der Waals surface area contributed by atoms with Crippen LogP contribution in [0.1, 0.15) is 53.4 Å². The minimum absolute atomic E-state index is 0.108. The number of rotatable bonds is 5. The third-order valence-electron chi connectivity index (χ3n) is 4.37. The van der Waals surface area contributed by atoms with Crippen LogP contribution in [0.4, 0.5) is 0 Å². The Morgan fingerprint density at radius 3 is 2.75 bits per heavy atom. The predicted molar refractivity (Wildman–Crippen MR) is 79.4 cm³/mol. The second kappa shape index (κ2) is 5.72. The fraction of sp³-hybridized carbons (Fsp3) is 0.706. The summed E-state index contributed by atoms with van der Waals surface area (Å²) in [5.74, 6) is 0.264. The molecule has 0 radical (unpaired) electrons. The number of hydrogen-bond acceptors (Lipinski definition) is 3. The van der Waals surface area contributed by atoms with Crippen LogP contribution in [0.2, 0.25) is 0 Å². The molecule has 1 saturated carbocycles. The van der Waals surface area contributed by atoms with Gasteiger partial charge in [-0.25, -0.2) is 0 Å². The molecule has 3 heteroatoms. The van der Waals surface area contributed by atoms with Gasteiger partial charge in [-0.05, 0) is 46.5 Å². The Morgan fingerprint density at radius 2 is 2.10 bits per heavy atom. The lowest BCUT2D eigenvalue weighted by molar-refractivity contribution is -0.207. The third-order valence-corrected chi connectivity index (χ3v) is 4.37. The van der Waals surface area contributed by atoms with Crippen molar-refractivity contribution in [3.05, 3.63) is 24.0 Å². The summed E-state index contributed by atoms with van der Waals surface area (Å²) in [6.07, 6.45) is 9.67. The summed E-state index contributed by atoms with van der Waals surface area (Å²) in [7, 11) is 0. The van der Waals surface area contributed by atoms with E-state index in [1.807, 2.05) is 6.92 Å². The highest BCUT2D eigenvalue weighted by Crippen LogP contribution is 2.50. The lowest BCUT2D eigenvalue weighted by atomic mass is 9.65. The molecule has 2 unspecified atom stereocenters. The van der Waals surface area contributed by atoms with Crippen molar-refractivity contribution in [3.63, 3.8) is 0 Å². The van der Waals surface area contributed by atoms with Gasteiger partial charge in [0.15, 0.2) is 5.78 Å². The fourth-order valence-electron chi connectivity index (χ4n) is 3.33. The lowest BCUT2D eigenvalue weighted by Gasteiger charge is -2.53. The van der Waals surface area contributed by atoms with Crippen LogP contribution in [-0.4, -0.2) is 23.6 Å². The van der Waals surface area contributed by atoms with Gasteiger partial charge in [-0.1, -0.05) is 19.1 Å². The molecule has 3 rings (SSSR count). The number of hydrogen-bond donors (Lipinski definition) is 0. The summed E-state index contributed by atoms with van der Waals surface area (Å²) in [5.41, 5.74) is -0.122. The highest BCUT2D eigenvalue weighted by molar-refractivity contribution is 6.03. The molecule has 2 aliphatic heterocycles. The zero-order valence-corrected chi connectivity index (χ0v) is 13.1. The number of ether oxygens (including phenoxy) is 2. The normalized spacial score (nSPS) is 34.1. The molecule has 3 fully saturated rings. The molecule has 0 spiro atoms. The van der Waals surface area contributed by atoms with Gasteiger partial charge in [-0.2, -0.15) is 0 Å². The van der Waals surface area contributed by atoms with Crippen LogP contribution in [0.3, 0.4) is 0 Å². The zero-order valence-electron chi connectivity index (χ0n) is 13.1. The molecule has 2 bridgehead atoms. The summed E-state index contributed by atoms with van der Waals surface area (Å²) in [5, 5.41) is 0. The summed E-state index contributed by atoms with van der Waals surface area (Å²) in [6.45, 7) is 8.78. The van der Waals surface area contributed by atoms with E-state index in [9.17, 15) is 4.79 Å². The van der Waals surface area contributed by atoms with Crippen LogP contribution in [-0.2, 0) is 14.3 Å². The zero-order chi connectivity index (χ0) is 14.8. The number of carbonyl (C=O) groups is 1. The van der Waals surface area contributed by atoms with Crippen LogP contribution in [0, 0.1) is 5.92 Å². The number of Topliss-reactive ketones (excluding diaryl/α,β-unsaturated/α-hetero) is 1. The molecule has 0 amide bonds. The van der Waals surface area contributed by atoms with Crippen molar-refractivity contribution in [1.82, 2.24) is 0 Å². The van der Waals surface area contributed by atoms with E-state index in [0.717, 1.165) is 31.3 Å². The number of carbonyl (C=O) groups excluding carboxylic acids is 1. The lowest BCUT2D eigenvalue weighted by Crippen LogP contribution is -2.60. The smallest absolute Gasteiger partial charge is 0.193 e. The van der Waals surface area contributed by atoms with Crippen molar-refractivity contribution < 1.29 is 14.3 Å². The topological polar surface area (TPSA) is 35.5 Å². The minimum atomic E-state index is -0.657. The van der Waals surface area contributed by atoms with Crippen LogP contribution in [0.5, 0.6) is 0 Å². The molecule has 1 aliphatic carbocycles. The summed E-state index contributed by atoms with van der Waals surface area (Å²) < 4.78 is 11.6. The Kier molecular flexibility index (Phi) is 4.38. The molecule has 112 valence electrons. The van der Waals surface area contributed by atoms with E-state index in [1.165, 1.54) is 0 Å². The van der Waals surface area contributed by atoms with E-state index >= 15 is 0 Å². The molecule has 2 saturated heterocycles. The predicted octanol–water partition coefficient (Wildman–Crippen LogP) is 3.79. The van der Waals surface area contributed by atoms with Crippen LogP contribution in [0.15, 0.2) is 24.0 Å². The Balaban J connectivity index is 2.03. The maximum Gasteiger partial charge on any atom is 0.193 e. The standard InChI is InChI=1S/C17H26O3/c1-5-6-7-8-11-19-12-13-14-9-10-17(4,15(13)18)20-16(14,2)3/h6-7,12,14H,5,8-11H2,1-4H3/b7-6+,13-12-. The van der Waals surface area contributed by atoms with Gasteiger partial charge < -0.3 is 9.47 Å². The molecule has 0 aromatic heterocycles. The van der Waals surface area contributed by atoms with Gasteiger partial charge >= 0.3 is 0 Å². The van der Waals surface area contributed by atoms with Gasteiger partial charge in [-0.3, -0.25) is 4.79 Å². The molecule has 0 aromatic rings. The van der Waals surface area contributed by atoms with Crippen molar-refractivity contribution in [2.24, 2.45) is 5.92 Å². The van der Waals surface area contributed by atoms with Crippen molar-refractivity contribution in [3.8, 4) is 0 Å². The molecule has 0 aromatic carbocycles. The first-order chi connectivity index (χ1) is 9.41. The maximum absolute atomic E-state index is 12.5. The summed E-state index contributed by atoms with van der Waals surface area (Å²) in [4.78, 5) is 12.5. The monoisotopic (exact) mass is 278 g/mol. The van der Waals surface area contributed by atoms with Gasteiger partial charge in [-0.15, -0.1) is 0 Å². The molecule has 20 heavy (non-hydrogen) atoms. The first-order valence-corrected chi connectivity index (χ1v) is 7.62. The van der Waals surface area contributed by atoms with E-state index in [0.29, 0.717) is 6.61 Å². The van der Waals surface area contributed by atoms with E-state index < -0.39 is 5.60 Å². The van der Waals surface area contributed by atoms with Crippen molar-refractivity contribution in [1.29, 1.82) is 0 Å². The Labute approximate surface area is 122 Å². The SMILES string of the molecule is CC/C=C/CCO/C=C1\C(=O)C2(C)CCC1C(C)(C)O2. The maximum atomic E-state index is 12.5. The molecule has 2 heterocycles. The van der Waals surface area contributed by atoms with Crippen LogP contribution < -0.4 is 0 Å². The van der Waals surface area contributed by atoms with Gasteiger partial charge in [0.1, 0.15) is 5.60 Å². The van der Waals surface area contributed by atoms with E-state index in [2.05, 4.69) is 32.9 Å². The van der Waals surface area contributed by atoms with Crippen molar-refractivity contribution in [2.45, 2.75) is 64.6 Å². The van der Waals surface area contributed by atoms with Gasteiger partial charge in [0, 0.05) is 11.5 Å². The Bertz CT molecular complexity index is 434. The van der Waals surface area contributed by atoms with E-state index in [-0.39, 0.29) is 17.3 Å². The quantitative estimate of drug-likeness (QED) is 0.332. The Morgan fingerprint density at radius 1 is 1.35 bits per heavy atom. The van der Waals surface area contributed by atoms with Crippen LogP contribution >= 0.6 is 0 Å². The van der Waals surface area contributed by atoms with Gasteiger partial charge in [0.25, 0.3) is 0 Å². The number of fused-ring (bicyclic) bond motifs is 3. The molecular weight excluding hydrogens is 252 g/mol. The molecule has 2 atom stereocenters. The van der Waals surface area contributed by atoms with Gasteiger partial charge in [0.2, 0.25) is 0 Å². The van der Waals surface area contributed by atoms with Crippen molar-refractivity contribution >= 4 is 5.78 Å². The highest BCUT2D eigenvalue weighted by Gasteiger charge is 2.56. The number of ketones is 1. The fourth-order valence-corrected chi connectivity index (χ4v) is 3.33. The summed E-state index contributed by atoms with van der Waals surface area (Å²) >= 11 is 0. The number of allylic oxidation sites excluding steroid dienone is 1. The van der Waals surface area contributed by atoms with Gasteiger partial charge in [0.05, 0.1) is 18.5 Å². The first-order valence-electron chi connectivity index (χ1n) is 7.62. The second-order valence-corrected chi connectivity index (χ2v) is 6.47. The summed E-state index contributed by atoms with van der Waals surface area (Å²) in [6, 6.07) is 0. The van der Waals surface area contributed by atoms with Crippen LogP contribution in [0.25, 0.3) is 0 Å². The van der Waals surface area contributed by atoms with E-state index in [1.54, 1.807) is 6.26 Å². The minimum Gasteiger partial charge on any atom is -0.500 e. The second-order valence-electron chi connectivity index (χ2n) is 6.47. The van der Waals surface area contributed by atoms with E-state index in [4.69, 9.17) is 9.47 Å². The Hall–Kier alpha value is -1.09. The molecule has 3 nitrogen and oxygen atoms in total. The molecule has 3 aliphatic rings. The van der Waals surface area contributed by atoms with Crippen molar-refractivity contribution in [2.75, 3.05) is 6.61 Å². The average molecular weight is 278 g/mol.